The fourth-order valence-electron chi connectivity index (χ4n) is 4.15. The Bertz CT molecular complexity index is 1140. The van der Waals surface area contributed by atoms with E-state index in [0.717, 1.165) is 16.7 Å². The van der Waals surface area contributed by atoms with Crippen LogP contribution in [0, 0.1) is 17.2 Å². The molecule has 2 aromatic carbocycles. The minimum Gasteiger partial charge on any atom is -0.343 e. The molecule has 0 spiro atoms. The van der Waals surface area contributed by atoms with E-state index in [9.17, 15) is 22.0 Å². The van der Waals surface area contributed by atoms with Crippen LogP contribution in [0.25, 0.3) is 11.1 Å². The van der Waals surface area contributed by atoms with E-state index < -0.39 is 39.9 Å². The van der Waals surface area contributed by atoms with E-state index in [1.165, 1.54) is 6.07 Å². The smallest absolute Gasteiger partial charge is 0.249 e. The zero-order chi connectivity index (χ0) is 23.5. The van der Waals surface area contributed by atoms with Crippen LogP contribution < -0.4 is 5.32 Å². The van der Waals surface area contributed by atoms with Gasteiger partial charge in [-0.15, -0.1) is 11.8 Å². The van der Waals surface area contributed by atoms with E-state index in [0.29, 0.717) is 11.1 Å². The molecule has 5 nitrogen and oxygen atoms in total. The highest BCUT2D eigenvalue weighted by atomic mass is 32.2. The summed E-state index contributed by atoms with van der Waals surface area (Å²) in [6, 6.07) is 14.0. The molecule has 1 aliphatic carbocycles. The van der Waals surface area contributed by atoms with Gasteiger partial charge in [-0.05, 0) is 59.6 Å². The molecular weight excluding hydrogens is 454 g/mol. The Kier molecular flexibility index (Phi) is 7.25. The molecule has 1 N–H and O–H groups in total. The summed E-state index contributed by atoms with van der Waals surface area (Å²) >= 11 is 1.57. The number of halogens is 2. The number of amides is 1. The summed E-state index contributed by atoms with van der Waals surface area (Å²) in [5.41, 5.74) is 2.01. The first-order chi connectivity index (χ1) is 15.1. The van der Waals surface area contributed by atoms with Crippen molar-refractivity contribution in [1.82, 2.24) is 5.32 Å². The number of nitrogens with one attached hydrogen (secondary N) is 1. The quantitative estimate of drug-likeness (QED) is 0.483. The number of carbonyl (C=O) groups is 1. The van der Waals surface area contributed by atoms with Crippen LogP contribution in [0.15, 0.2) is 52.3 Å². The minimum atomic E-state index is -3.49. The lowest BCUT2D eigenvalue weighted by Crippen LogP contribution is -2.41. The maximum absolute atomic E-state index is 14.2. The van der Waals surface area contributed by atoms with Gasteiger partial charge in [-0.2, -0.15) is 5.26 Å². The molecule has 0 aromatic heterocycles. The number of hydrogen-bond acceptors (Lipinski definition) is 5. The number of nitriles is 1. The second-order valence-electron chi connectivity index (χ2n) is 7.94. The predicted octanol–water partition coefficient (Wildman–Crippen LogP) is 4.64. The summed E-state index contributed by atoms with van der Waals surface area (Å²) < 4.78 is 52.8. The maximum Gasteiger partial charge on any atom is 0.249 e. The van der Waals surface area contributed by atoms with E-state index in [1.807, 2.05) is 30.5 Å². The van der Waals surface area contributed by atoms with Gasteiger partial charge in [0.2, 0.25) is 11.8 Å². The molecule has 32 heavy (non-hydrogen) atoms. The fraction of sp³-hybridized carbons (Fsp3) is 0.391. The molecule has 2 atom stereocenters. The van der Waals surface area contributed by atoms with Crippen molar-refractivity contribution < 1.29 is 22.0 Å². The summed E-state index contributed by atoms with van der Waals surface area (Å²) in [5.74, 6) is -5.12. The molecule has 3 rings (SSSR count). The largest absolute Gasteiger partial charge is 0.343 e. The standard InChI is InChI=1S/C23H24F2N2O3S2/c1-31-16-5-3-15(4-6-16)20-13-17(32(2,29)30)7-8-18(20)19-9-10-23(24,25)14-21(19)22(28)27-12-11-26/h3-8,13,19,21H,9-10,12,14H2,1-2H3,(H,27,28)/t19?,21-/m1/s1. The Labute approximate surface area is 191 Å². The van der Waals surface area contributed by atoms with Crippen LogP contribution in [-0.4, -0.2) is 39.3 Å². The third kappa shape index (κ3) is 5.48. The summed E-state index contributed by atoms with van der Waals surface area (Å²) in [6.45, 7) is -0.260. The Hall–Kier alpha value is -2.44. The summed E-state index contributed by atoms with van der Waals surface area (Å²) in [6.07, 6.45) is 2.15. The first-order valence-electron chi connectivity index (χ1n) is 10.1. The zero-order valence-electron chi connectivity index (χ0n) is 17.8. The van der Waals surface area contributed by atoms with E-state index in [1.54, 1.807) is 30.0 Å². The molecule has 1 unspecified atom stereocenters. The molecule has 0 aliphatic heterocycles. The molecule has 0 bridgehead atoms. The highest BCUT2D eigenvalue weighted by Gasteiger charge is 2.45. The molecule has 1 amide bonds. The molecule has 2 aromatic rings. The number of benzene rings is 2. The molecule has 0 radical (unpaired) electrons. The van der Waals surface area contributed by atoms with Crippen LogP contribution >= 0.6 is 11.8 Å². The van der Waals surface area contributed by atoms with Crippen molar-refractivity contribution >= 4 is 27.5 Å². The van der Waals surface area contributed by atoms with Gasteiger partial charge in [0.05, 0.1) is 16.9 Å². The van der Waals surface area contributed by atoms with Gasteiger partial charge in [-0.1, -0.05) is 18.2 Å². The highest BCUT2D eigenvalue weighted by Crippen LogP contribution is 2.47. The molecule has 9 heteroatoms. The number of thioether (sulfide) groups is 1. The Morgan fingerprint density at radius 3 is 2.53 bits per heavy atom. The fourth-order valence-corrected chi connectivity index (χ4v) is 5.20. The van der Waals surface area contributed by atoms with Crippen molar-refractivity contribution in [3.05, 3.63) is 48.0 Å². The van der Waals surface area contributed by atoms with Crippen LogP contribution in [0.3, 0.4) is 0 Å². The molecule has 0 saturated heterocycles. The zero-order valence-corrected chi connectivity index (χ0v) is 19.4. The van der Waals surface area contributed by atoms with E-state index >= 15 is 0 Å². The number of alkyl halides is 2. The first kappa shape index (κ1) is 24.2. The maximum atomic E-state index is 14.2. The van der Waals surface area contributed by atoms with Crippen molar-refractivity contribution in [3.63, 3.8) is 0 Å². The Balaban J connectivity index is 2.13. The van der Waals surface area contributed by atoms with Gasteiger partial charge in [-0.3, -0.25) is 4.79 Å². The summed E-state index contributed by atoms with van der Waals surface area (Å²) in [7, 11) is -3.49. The average molecular weight is 479 g/mol. The van der Waals surface area contributed by atoms with Gasteiger partial charge in [0.1, 0.15) is 6.54 Å². The van der Waals surface area contributed by atoms with Crippen LogP contribution in [0.1, 0.15) is 30.7 Å². The van der Waals surface area contributed by atoms with Crippen molar-refractivity contribution in [2.24, 2.45) is 5.92 Å². The van der Waals surface area contributed by atoms with Gasteiger partial charge in [0.25, 0.3) is 0 Å². The molecule has 1 saturated carbocycles. The van der Waals surface area contributed by atoms with Crippen LogP contribution in [0.2, 0.25) is 0 Å². The van der Waals surface area contributed by atoms with Crippen molar-refractivity contribution in [2.45, 2.75) is 40.9 Å². The van der Waals surface area contributed by atoms with Gasteiger partial charge >= 0.3 is 0 Å². The van der Waals surface area contributed by atoms with Crippen LogP contribution in [-0.2, 0) is 14.6 Å². The van der Waals surface area contributed by atoms with E-state index in [2.05, 4.69) is 5.32 Å². The van der Waals surface area contributed by atoms with E-state index in [4.69, 9.17) is 5.26 Å². The lowest BCUT2D eigenvalue weighted by atomic mass is 9.72. The Morgan fingerprint density at radius 1 is 1.25 bits per heavy atom. The predicted molar refractivity (Wildman–Crippen MR) is 120 cm³/mol. The molecule has 1 fully saturated rings. The lowest BCUT2D eigenvalue weighted by molar-refractivity contribution is -0.133. The normalized spacial score (nSPS) is 20.3. The van der Waals surface area contributed by atoms with Crippen LogP contribution in [0.5, 0.6) is 0 Å². The van der Waals surface area contributed by atoms with E-state index in [-0.39, 0.29) is 24.3 Å². The van der Waals surface area contributed by atoms with Gasteiger partial charge < -0.3 is 5.32 Å². The van der Waals surface area contributed by atoms with Gasteiger partial charge in [0.15, 0.2) is 9.84 Å². The SMILES string of the molecule is CSc1ccc(-c2cc(S(C)(=O)=O)ccc2C2CCC(F)(F)C[C@H]2C(=O)NCC#N)cc1. The molecular formula is C23H24F2N2O3S2. The van der Waals surface area contributed by atoms with Crippen LogP contribution in [0.4, 0.5) is 8.78 Å². The topological polar surface area (TPSA) is 87.0 Å². The molecule has 0 heterocycles. The molecule has 170 valence electrons. The van der Waals surface area contributed by atoms with Crippen molar-refractivity contribution in [3.8, 4) is 17.2 Å². The van der Waals surface area contributed by atoms with Gasteiger partial charge in [-0.25, -0.2) is 17.2 Å². The third-order valence-corrected chi connectivity index (χ3v) is 7.61. The number of sulfone groups is 1. The number of hydrogen-bond donors (Lipinski definition) is 1. The summed E-state index contributed by atoms with van der Waals surface area (Å²) in [5, 5.41) is 11.2. The van der Waals surface area contributed by atoms with Crippen molar-refractivity contribution in [1.29, 1.82) is 5.26 Å². The minimum absolute atomic E-state index is 0.0752. The lowest BCUT2D eigenvalue weighted by Gasteiger charge is -2.36. The number of carbonyl (C=O) groups excluding carboxylic acids is 1. The van der Waals surface area contributed by atoms with Gasteiger partial charge in [0, 0.05) is 24.0 Å². The number of rotatable bonds is 6. The second-order valence-corrected chi connectivity index (χ2v) is 10.8. The number of nitrogens with zero attached hydrogens (tertiary/aromatic N) is 1. The second kappa shape index (κ2) is 9.59. The Morgan fingerprint density at radius 2 is 1.94 bits per heavy atom. The highest BCUT2D eigenvalue weighted by molar-refractivity contribution is 7.98. The monoisotopic (exact) mass is 478 g/mol. The third-order valence-electron chi connectivity index (χ3n) is 5.76. The first-order valence-corrected chi connectivity index (χ1v) is 13.2. The average Bonchev–Trinajstić information content (AvgIpc) is 2.76. The van der Waals surface area contributed by atoms with Crippen molar-refractivity contribution in [2.75, 3.05) is 19.1 Å². The molecule has 1 aliphatic rings. The summed E-state index contributed by atoms with van der Waals surface area (Å²) in [4.78, 5) is 13.8.